The van der Waals surface area contributed by atoms with Crippen LogP contribution >= 0.6 is 11.3 Å². The smallest absolute Gasteiger partial charge is 0.262 e. The highest BCUT2D eigenvalue weighted by Gasteiger charge is 2.20. The van der Waals surface area contributed by atoms with Gasteiger partial charge >= 0.3 is 0 Å². The van der Waals surface area contributed by atoms with Gasteiger partial charge in [0.2, 0.25) is 11.8 Å². The van der Waals surface area contributed by atoms with Gasteiger partial charge in [0, 0.05) is 36.7 Å². The van der Waals surface area contributed by atoms with Crippen molar-refractivity contribution in [2.75, 3.05) is 7.11 Å². The van der Waals surface area contributed by atoms with Crippen molar-refractivity contribution in [3.63, 3.8) is 0 Å². The second kappa shape index (κ2) is 8.10. The molecule has 0 radical (unpaired) electrons. The standard InChI is InChI=1S/C20H22N4O3S/c1-27-17-7-6-13(11-22-17)10-21-16(25)8-9-24-12-23-19-18(20(24)26)14-4-2-3-5-15(14)28-19/h6-7,11-12H,2-5,8-10H2,1H3,(H,21,25). The Morgan fingerprint density at radius 2 is 2.14 bits per heavy atom. The van der Waals surface area contributed by atoms with Gasteiger partial charge in [0.25, 0.3) is 5.56 Å². The third-order valence-electron chi connectivity index (χ3n) is 5.02. The molecule has 0 bridgehead atoms. The molecule has 1 aliphatic carbocycles. The van der Waals surface area contributed by atoms with E-state index in [4.69, 9.17) is 4.74 Å². The van der Waals surface area contributed by atoms with Crippen LogP contribution in [0.5, 0.6) is 5.88 Å². The van der Waals surface area contributed by atoms with E-state index >= 15 is 0 Å². The SMILES string of the molecule is COc1ccc(CNC(=O)CCn2cnc3sc4c(c3c2=O)CCCC4)cn1. The summed E-state index contributed by atoms with van der Waals surface area (Å²) in [6.45, 7) is 0.707. The van der Waals surface area contributed by atoms with Crippen molar-refractivity contribution in [1.29, 1.82) is 0 Å². The van der Waals surface area contributed by atoms with Crippen LogP contribution in [0.25, 0.3) is 10.2 Å². The first kappa shape index (κ1) is 18.6. The highest BCUT2D eigenvalue weighted by atomic mass is 32.1. The first-order valence-electron chi connectivity index (χ1n) is 9.41. The van der Waals surface area contributed by atoms with Crippen LogP contribution in [0.15, 0.2) is 29.5 Å². The van der Waals surface area contributed by atoms with E-state index in [1.807, 2.05) is 6.07 Å². The maximum Gasteiger partial charge on any atom is 0.262 e. The summed E-state index contributed by atoms with van der Waals surface area (Å²) in [6, 6.07) is 3.61. The number of aryl methyl sites for hydroxylation is 3. The van der Waals surface area contributed by atoms with Crippen molar-refractivity contribution >= 4 is 27.5 Å². The molecular weight excluding hydrogens is 376 g/mol. The van der Waals surface area contributed by atoms with E-state index < -0.39 is 0 Å². The molecule has 4 rings (SSSR count). The number of amides is 1. The highest BCUT2D eigenvalue weighted by molar-refractivity contribution is 7.18. The maximum absolute atomic E-state index is 12.9. The number of methoxy groups -OCH3 is 1. The third-order valence-corrected chi connectivity index (χ3v) is 6.22. The average Bonchev–Trinajstić information content (AvgIpc) is 3.11. The average molecular weight is 398 g/mol. The number of hydrogen-bond donors (Lipinski definition) is 1. The van der Waals surface area contributed by atoms with E-state index in [0.29, 0.717) is 19.0 Å². The van der Waals surface area contributed by atoms with Crippen LogP contribution in [0.4, 0.5) is 0 Å². The molecule has 0 fully saturated rings. The molecule has 146 valence electrons. The fourth-order valence-corrected chi connectivity index (χ4v) is 4.71. The van der Waals surface area contributed by atoms with E-state index in [2.05, 4.69) is 15.3 Å². The van der Waals surface area contributed by atoms with Crippen molar-refractivity contribution < 1.29 is 9.53 Å². The molecule has 3 aromatic heterocycles. The molecule has 0 aromatic carbocycles. The van der Waals surface area contributed by atoms with Crippen LogP contribution in [-0.2, 0) is 30.7 Å². The van der Waals surface area contributed by atoms with Crippen LogP contribution in [0.3, 0.4) is 0 Å². The van der Waals surface area contributed by atoms with Crippen LogP contribution < -0.4 is 15.6 Å². The van der Waals surface area contributed by atoms with Crippen LogP contribution in [0.2, 0.25) is 0 Å². The topological polar surface area (TPSA) is 86.1 Å². The molecule has 0 aliphatic heterocycles. The molecule has 1 aliphatic rings. The lowest BCUT2D eigenvalue weighted by atomic mass is 9.97. The number of nitrogens with one attached hydrogen (secondary N) is 1. The van der Waals surface area contributed by atoms with Crippen molar-refractivity contribution in [1.82, 2.24) is 19.9 Å². The zero-order valence-corrected chi connectivity index (χ0v) is 16.6. The summed E-state index contributed by atoms with van der Waals surface area (Å²) < 4.78 is 6.57. The largest absolute Gasteiger partial charge is 0.481 e. The number of aromatic nitrogens is 3. The number of carbonyl (C=O) groups excluding carboxylic acids is 1. The molecule has 28 heavy (non-hydrogen) atoms. The summed E-state index contributed by atoms with van der Waals surface area (Å²) in [5.74, 6) is 0.420. The molecule has 3 aromatic rings. The zero-order valence-electron chi connectivity index (χ0n) is 15.7. The molecule has 0 atom stereocenters. The maximum atomic E-state index is 12.9. The Morgan fingerprint density at radius 3 is 2.93 bits per heavy atom. The summed E-state index contributed by atoms with van der Waals surface area (Å²) in [5, 5.41) is 3.61. The zero-order chi connectivity index (χ0) is 19.5. The quantitative estimate of drug-likeness (QED) is 0.689. The molecule has 0 spiro atoms. The molecule has 1 amide bonds. The summed E-state index contributed by atoms with van der Waals surface area (Å²) in [7, 11) is 1.56. The third kappa shape index (κ3) is 3.77. The number of fused-ring (bicyclic) bond motifs is 3. The van der Waals surface area contributed by atoms with Crippen molar-refractivity contribution in [3.05, 3.63) is 51.0 Å². The lowest BCUT2D eigenvalue weighted by Gasteiger charge is -2.10. The summed E-state index contributed by atoms with van der Waals surface area (Å²) in [4.78, 5) is 35.8. The molecule has 7 nitrogen and oxygen atoms in total. The molecule has 0 unspecified atom stereocenters. The van der Waals surface area contributed by atoms with E-state index in [0.717, 1.165) is 35.0 Å². The number of thiophene rings is 1. The Hall–Kier alpha value is -2.74. The first-order valence-corrected chi connectivity index (χ1v) is 10.2. The minimum Gasteiger partial charge on any atom is -0.481 e. The minimum atomic E-state index is -0.116. The molecule has 0 saturated carbocycles. The van der Waals surface area contributed by atoms with Gasteiger partial charge in [-0.2, -0.15) is 0 Å². The van der Waals surface area contributed by atoms with E-state index in [1.165, 1.54) is 16.9 Å². The van der Waals surface area contributed by atoms with Gasteiger partial charge < -0.3 is 10.1 Å². The van der Waals surface area contributed by atoms with Crippen LogP contribution in [-0.4, -0.2) is 27.6 Å². The van der Waals surface area contributed by atoms with Gasteiger partial charge in [-0.15, -0.1) is 11.3 Å². The monoisotopic (exact) mass is 398 g/mol. The molecule has 0 saturated heterocycles. The Labute approximate surface area is 166 Å². The Bertz CT molecular complexity index is 1060. The lowest BCUT2D eigenvalue weighted by Crippen LogP contribution is -2.27. The minimum absolute atomic E-state index is 0.0310. The predicted molar refractivity (Wildman–Crippen MR) is 108 cm³/mol. The van der Waals surface area contributed by atoms with Gasteiger partial charge in [0.15, 0.2) is 0 Å². The predicted octanol–water partition coefficient (Wildman–Crippen LogP) is 2.45. The highest BCUT2D eigenvalue weighted by Crippen LogP contribution is 2.33. The second-order valence-electron chi connectivity index (χ2n) is 6.87. The number of hydrogen-bond acceptors (Lipinski definition) is 6. The van der Waals surface area contributed by atoms with Crippen molar-refractivity contribution in [3.8, 4) is 5.88 Å². The fourth-order valence-electron chi connectivity index (χ4n) is 3.49. The van der Waals surface area contributed by atoms with E-state index in [1.54, 1.807) is 41.6 Å². The normalized spacial score (nSPS) is 13.3. The lowest BCUT2D eigenvalue weighted by molar-refractivity contribution is -0.121. The Morgan fingerprint density at radius 1 is 1.29 bits per heavy atom. The summed E-state index contributed by atoms with van der Waals surface area (Å²) in [6.07, 6.45) is 7.75. The number of ether oxygens (including phenoxy) is 1. The molecular formula is C20H22N4O3S. The Kier molecular flexibility index (Phi) is 5.38. The van der Waals surface area contributed by atoms with E-state index in [9.17, 15) is 9.59 Å². The van der Waals surface area contributed by atoms with Gasteiger partial charge in [0.1, 0.15) is 4.83 Å². The molecule has 8 heteroatoms. The summed E-state index contributed by atoms with van der Waals surface area (Å²) in [5.41, 5.74) is 2.03. The van der Waals surface area contributed by atoms with E-state index in [-0.39, 0.29) is 17.9 Å². The van der Waals surface area contributed by atoms with Gasteiger partial charge in [-0.25, -0.2) is 9.97 Å². The van der Waals surface area contributed by atoms with Gasteiger partial charge in [-0.3, -0.25) is 14.2 Å². The summed E-state index contributed by atoms with van der Waals surface area (Å²) >= 11 is 1.64. The van der Waals surface area contributed by atoms with Gasteiger partial charge in [0.05, 0.1) is 18.8 Å². The van der Waals surface area contributed by atoms with Gasteiger partial charge in [-0.1, -0.05) is 6.07 Å². The first-order chi connectivity index (χ1) is 13.7. The van der Waals surface area contributed by atoms with Gasteiger partial charge in [-0.05, 0) is 36.8 Å². The Balaban J connectivity index is 1.40. The number of rotatable bonds is 6. The van der Waals surface area contributed by atoms with Crippen molar-refractivity contribution in [2.24, 2.45) is 0 Å². The number of nitrogens with zero attached hydrogens (tertiary/aromatic N) is 3. The fraction of sp³-hybridized carbons (Fsp3) is 0.400. The molecule has 1 N–H and O–H groups in total. The van der Waals surface area contributed by atoms with Crippen molar-refractivity contribution in [2.45, 2.75) is 45.2 Å². The number of carbonyl (C=O) groups is 1. The molecule has 3 heterocycles. The second-order valence-corrected chi connectivity index (χ2v) is 7.95. The number of pyridine rings is 1. The van der Waals surface area contributed by atoms with Crippen LogP contribution in [0.1, 0.15) is 35.3 Å². The van der Waals surface area contributed by atoms with Crippen LogP contribution in [0, 0.1) is 0 Å².